The molecule has 1 amide bonds. The van der Waals surface area contributed by atoms with Gasteiger partial charge in [0, 0.05) is 0 Å². The molecule has 1 aromatic rings. The van der Waals surface area contributed by atoms with Crippen LogP contribution >= 0.6 is 12.2 Å². The Labute approximate surface area is 155 Å². The van der Waals surface area contributed by atoms with Crippen molar-refractivity contribution in [1.82, 2.24) is 15.1 Å². The van der Waals surface area contributed by atoms with Crippen molar-refractivity contribution in [3.05, 3.63) is 53.2 Å². The van der Waals surface area contributed by atoms with E-state index in [1.54, 1.807) is 4.90 Å². The van der Waals surface area contributed by atoms with Crippen molar-refractivity contribution in [3.63, 3.8) is 0 Å². The number of rotatable bonds is 4. The number of nitrogens with one attached hydrogen (secondary N) is 1. The first kappa shape index (κ1) is 17.8. The minimum atomic E-state index is -0.0324. The van der Waals surface area contributed by atoms with E-state index in [9.17, 15) is 4.79 Å². The first-order chi connectivity index (χ1) is 12.1. The molecule has 2 aliphatic rings. The number of carbonyl (C=O) groups excluding carboxylic acids is 1. The zero-order valence-electron chi connectivity index (χ0n) is 14.7. The molecule has 0 spiro atoms. The Morgan fingerprint density at radius 3 is 2.52 bits per heavy atom. The second-order valence-electron chi connectivity index (χ2n) is 6.69. The predicted octanol–water partition coefficient (Wildman–Crippen LogP) is 3.52. The van der Waals surface area contributed by atoms with Crippen molar-refractivity contribution in [2.75, 3.05) is 19.8 Å². The van der Waals surface area contributed by atoms with Gasteiger partial charge in [0.15, 0.2) is 5.11 Å². The zero-order valence-corrected chi connectivity index (χ0v) is 15.5. The van der Waals surface area contributed by atoms with Crippen LogP contribution in [-0.2, 0) is 4.79 Å². The molecule has 5 heteroatoms. The minimum Gasteiger partial charge on any atom is -0.328 e. The summed E-state index contributed by atoms with van der Waals surface area (Å²) in [5.41, 5.74) is 2.69. The third-order valence-electron chi connectivity index (χ3n) is 4.57. The molecule has 0 aromatic heterocycles. The number of nitrogens with zero attached hydrogens (tertiary/aromatic N) is 2. The van der Waals surface area contributed by atoms with Gasteiger partial charge < -0.3 is 5.32 Å². The van der Waals surface area contributed by atoms with Crippen LogP contribution in [-0.4, -0.2) is 40.6 Å². The molecular weight excluding hydrogens is 330 g/mol. The van der Waals surface area contributed by atoms with Gasteiger partial charge in [0.1, 0.15) is 5.70 Å². The number of likely N-dealkylation sites (tertiary alicyclic amines) is 1. The fraction of sp³-hybridized carbons (Fsp3) is 0.400. The molecule has 2 saturated heterocycles. The number of thiocarbonyl (C=S) groups is 1. The highest BCUT2D eigenvalue weighted by molar-refractivity contribution is 7.80. The minimum absolute atomic E-state index is 0.0324. The number of benzene rings is 1. The molecule has 2 fully saturated rings. The lowest BCUT2D eigenvalue weighted by Gasteiger charge is -2.25. The summed E-state index contributed by atoms with van der Waals surface area (Å²) in [6.07, 6.45) is 8.89. The van der Waals surface area contributed by atoms with E-state index in [1.165, 1.54) is 25.7 Å². The average molecular weight is 356 g/mol. The van der Waals surface area contributed by atoms with Crippen LogP contribution in [0.25, 0.3) is 6.08 Å². The fourth-order valence-corrected chi connectivity index (χ4v) is 3.51. The largest absolute Gasteiger partial charge is 0.328 e. The topological polar surface area (TPSA) is 35.6 Å². The fourth-order valence-electron chi connectivity index (χ4n) is 3.26. The van der Waals surface area contributed by atoms with E-state index in [1.807, 2.05) is 43.3 Å². The van der Waals surface area contributed by atoms with E-state index in [0.717, 1.165) is 24.2 Å². The Morgan fingerprint density at radius 1 is 1.16 bits per heavy atom. The molecule has 3 rings (SSSR count). The van der Waals surface area contributed by atoms with Crippen molar-refractivity contribution >= 4 is 29.3 Å². The van der Waals surface area contributed by atoms with Crippen LogP contribution in [0.15, 0.2) is 47.7 Å². The van der Waals surface area contributed by atoms with E-state index < -0.39 is 0 Å². The van der Waals surface area contributed by atoms with E-state index in [-0.39, 0.29) is 5.91 Å². The summed E-state index contributed by atoms with van der Waals surface area (Å²) >= 11 is 5.39. The van der Waals surface area contributed by atoms with Gasteiger partial charge in [-0.1, -0.05) is 49.2 Å². The average Bonchev–Trinajstić information content (AvgIpc) is 2.79. The third kappa shape index (κ3) is 4.77. The maximum atomic E-state index is 12.7. The highest BCUT2D eigenvalue weighted by Crippen LogP contribution is 2.17. The van der Waals surface area contributed by atoms with Crippen molar-refractivity contribution in [3.8, 4) is 0 Å². The Hall–Kier alpha value is -1.98. The van der Waals surface area contributed by atoms with Crippen LogP contribution < -0.4 is 5.32 Å². The molecule has 0 radical (unpaired) electrons. The Morgan fingerprint density at radius 2 is 1.84 bits per heavy atom. The maximum Gasteiger partial charge on any atom is 0.277 e. The lowest BCUT2D eigenvalue weighted by molar-refractivity contribution is -0.123. The summed E-state index contributed by atoms with van der Waals surface area (Å²) < 4.78 is 0. The summed E-state index contributed by atoms with van der Waals surface area (Å²) in [4.78, 5) is 16.7. The molecule has 2 heterocycles. The van der Waals surface area contributed by atoms with Gasteiger partial charge in [-0.2, -0.15) is 0 Å². The van der Waals surface area contributed by atoms with Gasteiger partial charge in [-0.3, -0.25) is 14.6 Å². The van der Waals surface area contributed by atoms with Crippen molar-refractivity contribution < 1.29 is 4.79 Å². The van der Waals surface area contributed by atoms with Gasteiger partial charge in [0.25, 0.3) is 5.91 Å². The first-order valence-electron chi connectivity index (χ1n) is 8.94. The predicted molar refractivity (Wildman–Crippen MR) is 106 cm³/mol. The summed E-state index contributed by atoms with van der Waals surface area (Å²) in [6, 6.07) is 10.1. The van der Waals surface area contributed by atoms with E-state index in [4.69, 9.17) is 12.2 Å². The van der Waals surface area contributed by atoms with E-state index >= 15 is 0 Å². The Balaban J connectivity index is 1.68. The van der Waals surface area contributed by atoms with Crippen molar-refractivity contribution in [2.24, 2.45) is 0 Å². The van der Waals surface area contributed by atoms with Gasteiger partial charge in [-0.15, -0.1) is 0 Å². The van der Waals surface area contributed by atoms with Gasteiger partial charge in [-0.25, -0.2) is 0 Å². The Kier molecular flexibility index (Phi) is 6.00. The summed E-state index contributed by atoms with van der Waals surface area (Å²) in [5, 5.41) is 3.58. The molecule has 0 saturated carbocycles. The van der Waals surface area contributed by atoms with Crippen LogP contribution in [0.1, 0.15) is 38.2 Å². The third-order valence-corrected chi connectivity index (χ3v) is 4.89. The summed E-state index contributed by atoms with van der Waals surface area (Å²) in [6.45, 7) is 4.66. The molecule has 0 aliphatic carbocycles. The van der Waals surface area contributed by atoms with Crippen LogP contribution in [0.4, 0.5) is 0 Å². The molecular formula is C20H25N3OS. The molecule has 1 N–H and O–H groups in total. The number of allylic oxidation sites excluding steroid dienone is 2. The molecule has 0 bridgehead atoms. The second-order valence-corrected chi connectivity index (χ2v) is 7.08. The summed E-state index contributed by atoms with van der Waals surface area (Å²) in [5.74, 6) is -0.0324. The lowest BCUT2D eigenvalue weighted by Crippen LogP contribution is -2.42. The number of hydrogen-bond acceptors (Lipinski definition) is 3. The van der Waals surface area contributed by atoms with Gasteiger partial charge in [0.05, 0.1) is 6.67 Å². The second kappa shape index (κ2) is 8.41. The lowest BCUT2D eigenvalue weighted by atomic mass is 10.1. The van der Waals surface area contributed by atoms with Crippen molar-refractivity contribution in [2.45, 2.75) is 32.6 Å². The molecule has 2 aliphatic heterocycles. The van der Waals surface area contributed by atoms with Crippen molar-refractivity contribution in [1.29, 1.82) is 0 Å². The van der Waals surface area contributed by atoms with Crippen LogP contribution in [0.2, 0.25) is 0 Å². The normalized spacial score (nSPS) is 21.6. The number of hydrogen-bond donors (Lipinski definition) is 1. The number of amides is 1. The standard InChI is InChI=1S/C20H25N3OS/c1-16(13-17-9-5-4-6-10-17)14-18-19(24)23(20(25)21-18)15-22-11-7-2-3-8-12-22/h4-6,9-10,13-14H,2-3,7-8,11-12,15H2,1H3,(H,21,25)/b16-13-,18-14-. The zero-order chi connectivity index (χ0) is 17.6. The molecule has 4 nitrogen and oxygen atoms in total. The van der Waals surface area contributed by atoms with E-state index in [0.29, 0.717) is 17.5 Å². The highest BCUT2D eigenvalue weighted by Gasteiger charge is 2.31. The van der Waals surface area contributed by atoms with Gasteiger partial charge >= 0.3 is 0 Å². The van der Waals surface area contributed by atoms with Crippen LogP contribution in [0.5, 0.6) is 0 Å². The van der Waals surface area contributed by atoms with Gasteiger partial charge in [-0.05, 0) is 62.3 Å². The smallest absolute Gasteiger partial charge is 0.277 e. The molecule has 132 valence electrons. The molecule has 25 heavy (non-hydrogen) atoms. The maximum absolute atomic E-state index is 12.7. The van der Waals surface area contributed by atoms with Gasteiger partial charge in [0.2, 0.25) is 0 Å². The Bertz CT molecular complexity index is 688. The molecule has 1 aromatic carbocycles. The highest BCUT2D eigenvalue weighted by atomic mass is 32.1. The van der Waals surface area contributed by atoms with Crippen LogP contribution in [0, 0.1) is 0 Å². The molecule has 0 atom stereocenters. The number of carbonyl (C=O) groups is 1. The molecule has 0 unspecified atom stereocenters. The quantitative estimate of drug-likeness (QED) is 0.662. The van der Waals surface area contributed by atoms with Crippen LogP contribution in [0.3, 0.4) is 0 Å². The summed E-state index contributed by atoms with van der Waals surface area (Å²) in [7, 11) is 0. The monoisotopic (exact) mass is 355 g/mol. The first-order valence-corrected chi connectivity index (χ1v) is 9.34. The SMILES string of the molecule is CC(=C/c1ccccc1)/C=C1\NC(=S)N(CN2CCCCCC2)C1=O. The van der Waals surface area contributed by atoms with E-state index in [2.05, 4.69) is 16.3 Å².